The Morgan fingerprint density at radius 3 is 2.63 bits per heavy atom. The smallest absolute Gasteiger partial charge is 0.351 e. The first kappa shape index (κ1) is 26.5. The highest BCUT2D eigenvalue weighted by atomic mass is 35.5. The van der Waals surface area contributed by atoms with Crippen molar-refractivity contribution in [2.24, 2.45) is 0 Å². The molecule has 3 aromatic rings. The lowest BCUT2D eigenvalue weighted by Crippen LogP contribution is -2.43. The molecule has 9 nitrogen and oxygen atoms in total. The van der Waals surface area contributed by atoms with Gasteiger partial charge in [0.15, 0.2) is 5.82 Å². The Kier molecular flexibility index (Phi) is 7.88. The molecule has 5 rings (SSSR count). The van der Waals surface area contributed by atoms with Crippen molar-refractivity contribution in [1.29, 1.82) is 0 Å². The molecule has 0 saturated carbocycles. The Labute approximate surface area is 227 Å². The number of halogens is 1. The molecule has 0 aliphatic carbocycles. The number of nitrogens with one attached hydrogen (secondary N) is 1. The molecule has 38 heavy (non-hydrogen) atoms. The van der Waals surface area contributed by atoms with Gasteiger partial charge in [-0.25, -0.2) is 4.79 Å². The summed E-state index contributed by atoms with van der Waals surface area (Å²) in [6.45, 7) is 6.46. The highest BCUT2D eigenvalue weighted by Crippen LogP contribution is 2.28. The first-order valence-electron chi connectivity index (χ1n) is 13.1. The number of aromatic nitrogens is 3. The van der Waals surface area contributed by atoms with E-state index in [4.69, 9.17) is 21.1 Å². The summed E-state index contributed by atoms with van der Waals surface area (Å²) in [7, 11) is 1.63. The van der Waals surface area contributed by atoms with Crippen molar-refractivity contribution in [2.45, 2.75) is 57.9 Å². The topological polar surface area (TPSA) is 90.6 Å². The van der Waals surface area contributed by atoms with Crippen molar-refractivity contribution in [2.75, 3.05) is 26.7 Å². The van der Waals surface area contributed by atoms with Crippen LogP contribution in [0.25, 0.3) is 17.1 Å². The first-order valence-corrected chi connectivity index (χ1v) is 13.5. The van der Waals surface area contributed by atoms with E-state index >= 15 is 0 Å². The molecule has 3 heterocycles. The number of morpholine rings is 1. The lowest BCUT2D eigenvalue weighted by atomic mass is 10.1. The Hall–Kier alpha value is -3.14. The number of fused-ring (bicyclic) bond motifs is 2. The molecular formula is C28H34ClN5O4. The van der Waals surface area contributed by atoms with Crippen LogP contribution in [0.5, 0.6) is 5.75 Å². The molecule has 1 amide bonds. The van der Waals surface area contributed by atoms with E-state index in [1.54, 1.807) is 25.3 Å². The lowest BCUT2D eigenvalue weighted by molar-refractivity contribution is -0.122. The number of amides is 1. The summed E-state index contributed by atoms with van der Waals surface area (Å²) < 4.78 is 14.3. The molecule has 2 saturated heterocycles. The SMILES string of the molecule is COc1cc(-n2nc(-c3cccc(Cl)c3)n(CC(=O)NC(C)C)c2=O)ccc1CCN1CC2CCC(C1)O2. The number of ether oxygens (including phenoxy) is 2. The molecular weight excluding hydrogens is 506 g/mol. The van der Waals surface area contributed by atoms with Gasteiger partial charge in [-0.15, -0.1) is 5.10 Å². The van der Waals surface area contributed by atoms with Gasteiger partial charge in [0, 0.05) is 42.3 Å². The van der Waals surface area contributed by atoms with Crippen LogP contribution < -0.4 is 15.7 Å². The van der Waals surface area contributed by atoms with Crippen molar-refractivity contribution in [3.63, 3.8) is 0 Å². The number of carbonyl (C=O) groups is 1. The van der Waals surface area contributed by atoms with Gasteiger partial charge < -0.3 is 14.8 Å². The lowest BCUT2D eigenvalue weighted by Gasteiger charge is -2.32. The van der Waals surface area contributed by atoms with Crippen LogP contribution in [0, 0.1) is 0 Å². The van der Waals surface area contributed by atoms with E-state index < -0.39 is 5.69 Å². The van der Waals surface area contributed by atoms with Gasteiger partial charge in [0.25, 0.3) is 0 Å². The second-order valence-electron chi connectivity index (χ2n) is 10.3. The van der Waals surface area contributed by atoms with Crippen LogP contribution in [0.2, 0.25) is 5.02 Å². The fourth-order valence-electron chi connectivity index (χ4n) is 5.29. The van der Waals surface area contributed by atoms with Gasteiger partial charge >= 0.3 is 5.69 Å². The van der Waals surface area contributed by atoms with E-state index in [1.165, 1.54) is 9.25 Å². The Morgan fingerprint density at radius 1 is 1.18 bits per heavy atom. The predicted molar refractivity (Wildman–Crippen MR) is 146 cm³/mol. The van der Waals surface area contributed by atoms with E-state index in [1.807, 2.05) is 38.1 Å². The first-order chi connectivity index (χ1) is 18.3. The predicted octanol–water partition coefficient (Wildman–Crippen LogP) is 3.29. The van der Waals surface area contributed by atoms with Crippen molar-refractivity contribution in [1.82, 2.24) is 24.6 Å². The maximum Gasteiger partial charge on any atom is 0.351 e. The van der Waals surface area contributed by atoms with Gasteiger partial charge in [-0.2, -0.15) is 4.68 Å². The fraction of sp³-hybridized carbons (Fsp3) is 0.464. The Balaban J connectivity index is 1.43. The van der Waals surface area contributed by atoms with E-state index in [0.717, 1.165) is 44.5 Å². The summed E-state index contributed by atoms with van der Waals surface area (Å²) in [4.78, 5) is 28.6. The minimum atomic E-state index is -0.419. The highest BCUT2D eigenvalue weighted by Gasteiger charge is 2.33. The van der Waals surface area contributed by atoms with Crippen LogP contribution in [-0.4, -0.2) is 70.1 Å². The molecule has 10 heteroatoms. The van der Waals surface area contributed by atoms with Gasteiger partial charge in [0.1, 0.15) is 12.3 Å². The molecule has 0 radical (unpaired) electrons. The van der Waals surface area contributed by atoms with Crippen molar-refractivity contribution < 1.29 is 14.3 Å². The van der Waals surface area contributed by atoms with Crippen molar-refractivity contribution >= 4 is 17.5 Å². The number of hydrogen-bond donors (Lipinski definition) is 1. The van der Waals surface area contributed by atoms with Gasteiger partial charge in [-0.05, 0) is 56.9 Å². The van der Waals surface area contributed by atoms with Gasteiger partial charge in [0.05, 0.1) is 25.0 Å². The number of hydrogen-bond acceptors (Lipinski definition) is 6. The van der Waals surface area contributed by atoms with E-state index in [0.29, 0.717) is 40.1 Å². The van der Waals surface area contributed by atoms with Crippen LogP contribution in [-0.2, 0) is 22.5 Å². The number of benzene rings is 2. The largest absolute Gasteiger partial charge is 0.496 e. The molecule has 2 atom stereocenters. The molecule has 2 aliphatic heterocycles. The quantitative estimate of drug-likeness (QED) is 0.449. The summed E-state index contributed by atoms with van der Waals surface area (Å²) in [6.07, 6.45) is 3.84. The zero-order valence-electron chi connectivity index (χ0n) is 22.0. The summed E-state index contributed by atoms with van der Waals surface area (Å²) >= 11 is 6.22. The minimum Gasteiger partial charge on any atom is -0.496 e. The van der Waals surface area contributed by atoms with Gasteiger partial charge in [-0.3, -0.25) is 14.3 Å². The molecule has 2 fully saturated rings. The van der Waals surface area contributed by atoms with E-state index in [-0.39, 0.29) is 18.5 Å². The van der Waals surface area contributed by atoms with Crippen molar-refractivity contribution in [3.05, 3.63) is 63.5 Å². The standard InChI is InChI=1S/C28H34ClN5O4/c1-18(2)30-26(35)17-33-27(20-5-4-6-21(29)13-20)31-34(28(33)36)22-8-7-19(25(14-22)37-3)11-12-32-15-23-9-10-24(16-32)38-23/h4-8,13-14,18,23-24H,9-12,15-17H2,1-3H3,(H,30,35). The van der Waals surface area contributed by atoms with Crippen LogP contribution in [0.3, 0.4) is 0 Å². The monoisotopic (exact) mass is 539 g/mol. The van der Waals surface area contributed by atoms with Crippen molar-refractivity contribution in [3.8, 4) is 22.8 Å². The molecule has 2 aromatic carbocycles. The van der Waals surface area contributed by atoms with Gasteiger partial charge in [-0.1, -0.05) is 29.8 Å². The molecule has 1 N–H and O–H groups in total. The second kappa shape index (κ2) is 11.3. The number of methoxy groups -OCH3 is 1. The number of nitrogens with zero attached hydrogens (tertiary/aromatic N) is 4. The van der Waals surface area contributed by atoms with Gasteiger partial charge in [0.2, 0.25) is 5.91 Å². The number of rotatable bonds is 9. The highest BCUT2D eigenvalue weighted by molar-refractivity contribution is 6.30. The Bertz CT molecular complexity index is 1360. The van der Waals surface area contributed by atoms with Crippen LogP contribution >= 0.6 is 11.6 Å². The Morgan fingerprint density at radius 2 is 1.95 bits per heavy atom. The molecule has 2 bridgehead atoms. The minimum absolute atomic E-state index is 0.0488. The summed E-state index contributed by atoms with van der Waals surface area (Å²) in [5.74, 6) is 0.790. The maximum absolute atomic E-state index is 13.5. The zero-order chi connectivity index (χ0) is 26.8. The van der Waals surface area contributed by atoms with E-state index in [2.05, 4.69) is 15.3 Å². The summed E-state index contributed by atoms with van der Waals surface area (Å²) in [5, 5.41) is 7.98. The van der Waals surface area contributed by atoms with Crippen LogP contribution in [0.15, 0.2) is 47.3 Å². The maximum atomic E-state index is 13.5. The molecule has 2 aliphatic rings. The summed E-state index contributed by atoms with van der Waals surface area (Å²) in [5.41, 5.74) is 1.85. The average Bonchev–Trinajstić information content (AvgIpc) is 3.40. The number of likely N-dealkylation sites (tertiary alicyclic amines) is 1. The second-order valence-corrected chi connectivity index (χ2v) is 10.7. The third kappa shape index (κ3) is 5.80. The summed E-state index contributed by atoms with van der Waals surface area (Å²) in [6, 6.07) is 12.7. The zero-order valence-corrected chi connectivity index (χ0v) is 22.8. The normalized spacial score (nSPS) is 19.2. The average molecular weight is 540 g/mol. The number of carbonyl (C=O) groups excluding carboxylic acids is 1. The fourth-order valence-corrected chi connectivity index (χ4v) is 5.48. The van der Waals surface area contributed by atoms with E-state index in [9.17, 15) is 9.59 Å². The molecule has 0 spiro atoms. The molecule has 1 aromatic heterocycles. The third-order valence-electron chi connectivity index (χ3n) is 7.03. The molecule has 202 valence electrons. The van der Waals surface area contributed by atoms with Crippen LogP contribution in [0.4, 0.5) is 0 Å². The molecule has 2 unspecified atom stereocenters. The third-order valence-corrected chi connectivity index (χ3v) is 7.26. The van der Waals surface area contributed by atoms with Crippen LogP contribution in [0.1, 0.15) is 32.3 Å².